The summed E-state index contributed by atoms with van der Waals surface area (Å²) < 4.78 is 0. The fourth-order valence-electron chi connectivity index (χ4n) is 1.32. The van der Waals surface area contributed by atoms with Crippen molar-refractivity contribution in [3.8, 4) is 0 Å². The summed E-state index contributed by atoms with van der Waals surface area (Å²) >= 11 is 11.7. The molecule has 1 aromatic rings. The third kappa shape index (κ3) is 4.00. The van der Waals surface area contributed by atoms with Crippen LogP contribution in [0.5, 0.6) is 0 Å². The minimum atomic E-state index is -1.27. The topological polar surface area (TPSA) is 63.4 Å². The van der Waals surface area contributed by atoms with Crippen molar-refractivity contribution < 1.29 is 10.0 Å². The number of nitrogens with zero attached hydrogens (tertiary/aromatic N) is 1. The molecule has 0 aliphatic carbocycles. The molecule has 4 nitrogen and oxygen atoms in total. The highest BCUT2D eigenvalue weighted by Gasteiger charge is 2.20. The number of halogens is 2. The molecular formula is C11H11Cl2NO3. The number of hydrogen-bond donors (Lipinski definition) is 1. The third-order valence-electron chi connectivity index (χ3n) is 2.18. The lowest BCUT2D eigenvalue weighted by Crippen LogP contribution is -2.23. The molecule has 6 heteroatoms. The van der Waals surface area contributed by atoms with Gasteiger partial charge in [-0.2, -0.15) is 0 Å². The van der Waals surface area contributed by atoms with Crippen LogP contribution in [-0.4, -0.2) is 28.6 Å². The van der Waals surface area contributed by atoms with Crippen LogP contribution in [0.1, 0.15) is 5.56 Å². The van der Waals surface area contributed by atoms with Crippen LogP contribution in [0, 0.1) is 10.1 Å². The summed E-state index contributed by atoms with van der Waals surface area (Å²) in [4.78, 5) is 9.72. The van der Waals surface area contributed by atoms with E-state index in [1.54, 1.807) is 24.3 Å². The maximum atomic E-state index is 10.3. The average Bonchev–Trinajstić information content (AvgIpc) is 2.30. The van der Waals surface area contributed by atoms with Crippen LogP contribution >= 0.6 is 23.2 Å². The number of aliphatic hydroxyl groups is 1. The molecule has 0 amide bonds. The highest BCUT2D eigenvalue weighted by molar-refractivity contribution is 6.49. The predicted octanol–water partition coefficient (Wildman–Crippen LogP) is 2.51. The lowest BCUT2D eigenvalue weighted by atomic mass is 10.1. The summed E-state index contributed by atoms with van der Waals surface area (Å²) in [6.07, 6.45) is -1.27. The molecule has 1 N–H and O–H groups in total. The molecule has 1 atom stereocenters. The molecule has 0 radical (unpaired) electrons. The van der Waals surface area contributed by atoms with Gasteiger partial charge in [-0.3, -0.25) is 10.1 Å². The van der Waals surface area contributed by atoms with Gasteiger partial charge in [-0.25, -0.2) is 0 Å². The Balaban J connectivity index is 3.02. The van der Waals surface area contributed by atoms with E-state index in [0.717, 1.165) is 0 Å². The highest BCUT2D eigenvalue weighted by atomic mass is 35.5. The maximum absolute atomic E-state index is 10.3. The maximum Gasteiger partial charge on any atom is 0.233 e. The van der Waals surface area contributed by atoms with Crippen molar-refractivity contribution in [2.75, 3.05) is 12.4 Å². The standard InChI is InChI=1S/C11H11Cl2NO3/c12-6-9(10(15)7-14(16)17)11(13)8-4-2-1-3-5-8/h1-5,10,15H,6-7H2/b11-9+/t10-/m1/s1. The minimum Gasteiger partial charge on any atom is -0.382 e. The average molecular weight is 276 g/mol. The summed E-state index contributed by atoms with van der Waals surface area (Å²) in [5.74, 6) is -0.0528. The molecule has 0 aliphatic rings. The van der Waals surface area contributed by atoms with Gasteiger partial charge in [-0.15, -0.1) is 11.6 Å². The van der Waals surface area contributed by atoms with Gasteiger partial charge in [0, 0.05) is 10.8 Å². The molecule has 1 aromatic carbocycles. The van der Waals surface area contributed by atoms with E-state index in [0.29, 0.717) is 5.56 Å². The second-order valence-electron chi connectivity index (χ2n) is 3.37. The molecule has 0 saturated carbocycles. The quantitative estimate of drug-likeness (QED) is 0.510. The first kappa shape index (κ1) is 14.0. The number of benzene rings is 1. The molecule has 0 bridgehead atoms. The molecule has 0 unspecified atom stereocenters. The molecule has 92 valence electrons. The third-order valence-corrected chi connectivity index (χ3v) is 2.93. The summed E-state index contributed by atoms with van der Waals surface area (Å²) in [5.41, 5.74) is 0.934. The molecule has 0 fully saturated rings. The van der Waals surface area contributed by atoms with E-state index in [9.17, 15) is 15.2 Å². The number of nitro groups is 1. The zero-order valence-corrected chi connectivity index (χ0v) is 10.4. The first-order chi connectivity index (χ1) is 8.06. The zero-order valence-electron chi connectivity index (χ0n) is 8.85. The largest absolute Gasteiger partial charge is 0.382 e. The van der Waals surface area contributed by atoms with E-state index in [-0.39, 0.29) is 16.5 Å². The Kier molecular flexibility index (Phi) is 5.41. The van der Waals surface area contributed by atoms with E-state index in [1.807, 2.05) is 6.07 Å². The van der Waals surface area contributed by atoms with Gasteiger partial charge in [-0.1, -0.05) is 41.9 Å². The Morgan fingerprint density at radius 1 is 1.41 bits per heavy atom. The second-order valence-corrected chi connectivity index (χ2v) is 4.02. The van der Waals surface area contributed by atoms with Gasteiger partial charge in [0.1, 0.15) is 6.10 Å². The van der Waals surface area contributed by atoms with Crippen molar-refractivity contribution in [1.29, 1.82) is 0 Å². The van der Waals surface area contributed by atoms with Gasteiger partial charge in [0.2, 0.25) is 6.54 Å². The van der Waals surface area contributed by atoms with E-state index >= 15 is 0 Å². The highest BCUT2D eigenvalue weighted by Crippen LogP contribution is 2.25. The Hall–Kier alpha value is -1.10. The number of aliphatic hydroxyl groups excluding tert-OH is 1. The summed E-state index contributed by atoms with van der Waals surface area (Å²) in [7, 11) is 0. The van der Waals surface area contributed by atoms with Crippen LogP contribution in [0.2, 0.25) is 0 Å². The van der Waals surface area contributed by atoms with Crippen molar-refractivity contribution >= 4 is 28.2 Å². The molecular weight excluding hydrogens is 265 g/mol. The Morgan fingerprint density at radius 3 is 2.47 bits per heavy atom. The first-order valence-electron chi connectivity index (χ1n) is 4.86. The number of alkyl halides is 1. The monoisotopic (exact) mass is 275 g/mol. The normalized spacial score (nSPS) is 14.1. The van der Waals surface area contributed by atoms with Crippen LogP contribution in [0.25, 0.3) is 5.03 Å². The smallest absolute Gasteiger partial charge is 0.233 e. The van der Waals surface area contributed by atoms with E-state index in [1.165, 1.54) is 0 Å². The first-order valence-corrected chi connectivity index (χ1v) is 5.77. The van der Waals surface area contributed by atoms with Crippen LogP contribution in [0.4, 0.5) is 0 Å². The number of rotatable bonds is 5. The summed E-state index contributed by atoms with van der Waals surface area (Å²) in [5, 5.41) is 20.2. The number of hydrogen-bond acceptors (Lipinski definition) is 3. The van der Waals surface area contributed by atoms with Gasteiger partial charge >= 0.3 is 0 Å². The summed E-state index contributed by atoms with van der Waals surface area (Å²) in [6.45, 7) is -0.606. The molecule has 0 aromatic heterocycles. The molecule has 1 rings (SSSR count). The summed E-state index contributed by atoms with van der Waals surface area (Å²) in [6, 6.07) is 8.87. The fourth-order valence-corrected chi connectivity index (χ4v) is 2.01. The van der Waals surface area contributed by atoms with E-state index < -0.39 is 17.6 Å². The lowest BCUT2D eigenvalue weighted by Gasteiger charge is -2.11. The second kappa shape index (κ2) is 6.59. The van der Waals surface area contributed by atoms with E-state index in [4.69, 9.17) is 23.2 Å². The molecule has 17 heavy (non-hydrogen) atoms. The Labute approximate surface area is 109 Å². The Bertz CT molecular complexity index is 420. The van der Waals surface area contributed by atoms with Crippen molar-refractivity contribution in [2.24, 2.45) is 0 Å². The van der Waals surface area contributed by atoms with Crippen LogP contribution in [0.3, 0.4) is 0 Å². The van der Waals surface area contributed by atoms with E-state index in [2.05, 4.69) is 0 Å². The van der Waals surface area contributed by atoms with Gasteiger partial charge < -0.3 is 5.11 Å². The van der Waals surface area contributed by atoms with Crippen LogP contribution < -0.4 is 0 Å². The minimum absolute atomic E-state index is 0.0528. The van der Waals surface area contributed by atoms with Crippen molar-refractivity contribution in [2.45, 2.75) is 6.10 Å². The Morgan fingerprint density at radius 2 is 2.00 bits per heavy atom. The van der Waals surface area contributed by atoms with Gasteiger partial charge in [0.15, 0.2) is 0 Å². The fraction of sp³-hybridized carbons (Fsp3) is 0.273. The zero-order chi connectivity index (χ0) is 12.8. The lowest BCUT2D eigenvalue weighted by molar-refractivity contribution is -0.488. The van der Waals surface area contributed by atoms with Crippen molar-refractivity contribution in [3.63, 3.8) is 0 Å². The van der Waals surface area contributed by atoms with Crippen LogP contribution in [-0.2, 0) is 0 Å². The predicted molar refractivity (Wildman–Crippen MR) is 67.8 cm³/mol. The van der Waals surface area contributed by atoms with Gasteiger partial charge in [-0.05, 0) is 11.1 Å². The molecule has 0 saturated heterocycles. The molecule has 0 spiro atoms. The SMILES string of the molecule is O=[N+]([O-])C[C@@H](O)/C(CCl)=C(/Cl)c1ccccc1. The van der Waals surface area contributed by atoms with Crippen molar-refractivity contribution in [1.82, 2.24) is 0 Å². The van der Waals surface area contributed by atoms with Crippen LogP contribution in [0.15, 0.2) is 35.9 Å². The molecule has 0 heterocycles. The van der Waals surface area contributed by atoms with Gasteiger partial charge in [0.25, 0.3) is 0 Å². The van der Waals surface area contributed by atoms with Gasteiger partial charge in [0.05, 0.1) is 5.03 Å². The van der Waals surface area contributed by atoms with Crippen molar-refractivity contribution in [3.05, 3.63) is 51.6 Å². The molecule has 0 aliphatic heterocycles.